The van der Waals surface area contributed by atoms with Crippen LogP contribution >= 0.6 is 0 Å². The van der Waals surface area contributed by atoms with E-state index in [9.17, 15) is 4.39 Å². The van der Waals surface area contributed by atoms with Gasteiger partial charge in [-0.1, -0.05) is 19.9 Å². The summed E-state index contributed by atoms with van der Waals surface area (Å²) < 4.78 is 14.2. The van der Waals surface area contributed by atoms with E-state index in [1.807, 2.05) is 6.07 Å². The zero-order chi connectivity index (χ0) is 14.5. The van der Waals surface area contributed by atoms with Crippen LogP contribution in [0.1, 0.15) is 45.1 Å². The molecule has 0 spiro atoms. The van der Waals surface area contributed by atoms with Gasteiger partial charge in [0, 0.05) is 30.4 Å². The second-order valence-electron chi connectivity index (χ2n) is 6.13. The van der Waals surface area contributed by atoms with Crippen LogP contribution in [0.25, 0.3) is 0 Å². The summed E-state index contributed by atoms with van der Waals surface area (Å²) in [4.78, 5) is 2.35. The van der Waals surface area contributed by atoms with Crippen molar-refractivity contribution < 1.29 is 4.39 Å². The largest absolute Gasteiger partial charge is 0.371 e. The minimum Gasteiger partial charge on any atom is -0.371 e. The van der Waals surface area contributed by atoms with Crippen LogP contribution in [0, 0.1) is 11.7 Å². The van der Waals surface area contributed by atoms with Crippen LogP contribution in [0.5, 0.6) is 0 Å². The average Bonchev–Trinajstić information content (AvgIpc) is 2.65. The normalized spacial score (nSPS) is 21.6. The lowest BCUT2D eigenvalue weighted by Gasteiger charge is -2.26. The smallest absolute Gasteiger partial charge is 0.128 e. The standard InChI is InChI=1S/C17H27FN2/c1-3-14(19)12-15-16(18)7-4-8-17(15)20-10-5-6-13(2)9-11-20/h4,7-8,13-14H,3,5-6,9-12,19H2,1-2H3. The minimum atomic E-state index is -0.108. The van der Waals surface area contributed by atoms with Crippen LogP contribution in [-0.4, -0.2) is 19.1 Å². The Kier molecular flexibility index (Phi) is 5.41. The van der Waals surface area contributed by atoms with Crippen molar-refractivity contribution in [3.05, 3.63) is 29.6 Å². The van der Waals surface area contributed by atoms with E-state index in [-0.39, 0.29) is 11.9 Å². The molecule has 3 heteroatoms. The molecule has 1 saturated heterocycles. The highest BCUT2D eigenvalue weighted by Crippen LogP contribution is 2.28. The van der Waals surface area contributed by atoms with E-state index in [4.69, 9.17) is 5.73 Å². The van der Waals surface area contributed by atoms with E-state index in [0.717, 1.165) is 36.7 Å². The first-order valence-electron chi connectivity index (χ1n) is 7.89. The second kappa shape index (κ2) is 7.07. The van der Waals surface area contributed by atoms with E-state index >= 15 is 0 Å². The Balaban J connectivity index is 2.23. The van der Waals surface area contributed by atoms with Gasteiger partial charge in [0.15, 0.2) is 0 Å². The quantitative estimate of drug-likeness (QED) is 0.909. The maximum atomic E-state index is 14.2. The van der Waals surface area contributed by atoms with Gasteiger partial charge in [-0.05, 0) is 50.2 Å². The lowest BCUT2D eigenvalue weighted by molar-refractivity contribution is 0.521. The molecule has 1 aromatic carbocycles. The van der Waals surface area contributed by atoms with Gasteiger partial charge in [0.2, 0.25) is 0 Å². The predicted octanol–water partition coefficient (Wildman–Crippen LogP) is 3.73. The first-order chi connectivity index (χ1) is 9.61. The minimum absolute atomic E-state index is 0.0385. The monoisotopic (exact) mass is 278 g/mol. The molecule has 0 aliphatic carbocycles. The molecule has 2 N–H and O–H groups in total. The molecule has 1 aromatic rings. The van der Waals surface area contributed by atoms with Gasteiger partial charge in [0.05, 0.1) is 0 Å². The Morgan fingerprint density at radius 1 is 1.35 bits per heavy atom. The molecule has 1 aliphatic rings. The van der Waals surface area contributed by atoms with Crippen LogP contribution in [0.3, 0.4) is 0 Å². The maximum absolute atomic E-state index is 14.2. The number of hydrogen-bond donors (Lipinski definition) is 1. The van der Waals surface area contributed by atoms with Gasteiger partial charge < -0.3 is 10.6 Å². The summed E-state index contributed by atoms with van der Waals surface area (Å²) >= 11 is 0. The van der Waals surface area contributed by atoms with E-state index in [0.29, 0.717) is 6.42 Å². The molecule has 0 amide bonds. The highest BCUT2D eigenvalue weighted by atomic mass is 19.1. The van der Waals surface area contributed by atoms with Crippen molar-refractivity contribution in [1.29, 1.82) is 0 Å². The molecule has 1 fully saturated rings. The SMILES string of the molecule is CCC(N)Cc1c(F)cccc1N1CCCC(C)CC1. The Bertz CT molecular complexity index is 433. The van der Waals surface area contributed by atoms with Crippen molar-refractivity contribution in [2.75, 3.05) is 18.0 Å². The topological polar surface area (TPSA) is 29.3 Å². The zero-order valence-corrected chi connectivity index (χ0v) is 12.7. The van der Waals surface area contributed by atoms with Gasteiger partial charge in [-0.2, -0.15) is 0 Å². The number of hydrogen-bond acceptors (Lipinski definition) is 2. The fourth-order valence-corrected chi connectivity index (χ4v) is 2.96. The number of halogens is 1. The summed E-state index contributed by atoms with van der Waals surface area (Å²) in [5.41, 5.74) is 7.90. The summed E-state index contributed by atoms with van der Waals surface area (Å²) in [5.74, 6) is 0.665. The molecule has 2 unspecified atom stereocenters. The molecule has 1 aliphatic heterocycles. The van der Waals surface area contributed by atoms with Crippen LogP contribution in [0.4, 0.5) is 10.1 Å². The van der Waals surface area contributed by atoms with Crippen LogP contribution in [-0.2, 0) is 6.42 Å². The second-order valence-corrected chi connectivity index (χ2v) is 6.13. The first kappa shape index (κ1) is 15.3. The van der Waals surface area contributed by atoms with E-state index in [1.54, 1.807) is 6.07 Å². The van der Waals surface area contributed by atoms with Crippen LogP contribution in [0.2, 0.25) is 0 Å². The Hall–Kier alpha value is -1.09. The summed E-state index contributed by atoms with van der Waals surface area (Å²) in [5, 5.41) is 0. The van der Waals surface area contributed by atoms with E-state index in [2.05, 4.69) is 24.8 Å². The van der Waals surface area contributed by atoms with E-state index < -0.39 is 0 Å². The molecular formula is C17H27FN2. The summed E-state index contributed by atoms with van der Waals surface area (Å²) in [7, 11) is 0. The molecular weight excluding hydrogens is 251 g/mol. The molecule has 112 valence electrons. The third kappa shape index (κ3) is 3.72. The molecule has 2 nitrogen and oxygen atoms in total. The van der Waals surface area contributed by atoms with Crippen molar-refractivity contribution in [2.24, 2.45) is 11.7 Å². The van der Waals surface area contributed by atoms with Crippen molar-refractivity contribution in [3.8, 4) is 0 Å². The summed E-state index contributed by atoms with van der Waals surface area (Å²) in [6.45, 7) is 6.42. The number of nitrogens with zero attached hydrogens (tertiary/aromatic N) is 1. The van der Waals surface area contributed by atoms with Crippen molar-refractivity contribution in [3.63, 3.8) is 0 Å². The number of nitrogens with two attached hydrogens (primary N) is 1. The van der Waals surface area contributed by atoms with Gasteiger partial charge in [0.25, 0.3) is 0 Å². The Morgan fingerprint density at radius 2 is 2.15 bits per heavy atom. The van der Waals surface area contributed by atoms with Gasteiger partial charge in [-0.15, -0.1) is 0 Å². The highest BCUT2D eigenvalue weighted by molar-refractivity contribution is 5.54. The molecule has 0 bridgehead atoms. The highest BCUT2D eigenvalue weighted by Gasteiger charge is 2.19. The molecule has 1 heterocycles. The Morgan fingerprint density at radius 3 is 2.90 bits per heavy atom. The fraction of sp³-hybridized carbons (Fsp3) is 0.647. The fourth-order valence-electron chi connectivity index (χ4n) is 2.96. The van der Waals surface area contributed by atoms with Crippen LogP contribution in [0.15, 0.2) is 18.2 Å². The Labute approximate surface area is 122 Å². The van der Waals surface area contributed by atoms with E-state index in [1.165, 1.54) is 19.3 Å². The zero-order valence-electron chi connectivity index (χ0n) is 12.7. The molecule has 0 aromatic heterocycles. The first-order valence-corrected chi connectivity index (χ1v) is 7.89. The summed E-state index contributed by atoms with van der Waals surface area (Å²) in [6, 6.07) is 5.47. The van der Waals surface area contributed by atoms with Crippen LogP contribution < -0.4 is 10.6 Å². The number of benzene rings is 1. The van der Waals surface area contributed by atoms with Crippen molar-refractivity contribution >= 4 is 5.69 Å². The van der Waals surface area contributed by atoms with Crippen molar-refractivity contribution in [1.82, 2.24) is 0 Å². The predicted molar refractivity (Wildman–Crippen MR) is 83.6 cm³/mol. The average molecular weight is 278 g/mol. The molecule has 2 rings (SSSR count). The lowest BCUT2D eigenvalue weighted by Crippen LogP contribution is -2.28. The maximum Gasteiger partial charge on any atom is 0.128 e. The van der Waals surface area contributed by atoms with Gasteiger partial charge in [-0.3, -0.25) is 0 Å². The molecule has 20 heavy (non-hydrogen) atoms. The van der Waals surface area contributed by atoms with Crippen molar-refractivity contribution in [2.45, 2.75) is 52.0 Å². The van der Waals surface area contributed by atoms with Gasteiger partial charge in [0.1, 0.15) is 5.82 Å². The summed E-state index contributed by atoms with van der Waals surface area (Å²) in [6.07, 6.45) is 5.16. The third-order valence-electron chi connectivity index (χ3n) is 4.44. The molecule has 2 atom stereocenters. The number of rotatable bonds is 4. The van der Waals surface area contributed by atoms with Gasteiger partial charge in [-0.25, -0.2) is 4.39 Å². The lowest BCUT2D eigenvalue weighted by atomic mass is 10.0. The van der Waals surface area contributed by atoms with Gasteiger partial charge >= 0.3 is 0 Å². The number of anilines is 1. The molecule has 0 saturated carbocycles. The third-order valence-corrected chi connectivity index (χ3v) is 4.44. The molecule has 0 radical (unpaired) electrons.